The van der Waals surface area contributed by atoms with Gasteiger partial charge in [0.1, 0.15) is 16.8 Å². The lowest BCUT2D eigenvalue weighted by atomic mass is 10.1. The number of nitrogens with one attached hydrogen (secondary N) is 2. The number of fused-ring (bicyclic) bond motifs is 2. The van der Waals surface area contributed by atoms with Gasteiger partial charge in [-0.25, -0.2) is 4.98 Å². The smallest absolute Gasteiger partial charge is 0.267 e. The molecule has 7 nitrogen and oxygen atoms in total. The van der Waals surface area contributed by atoms with Crippen molar-refractivity contribution < 1.29 is 4.79 Å². The van der Waals surface area contributed by atoms with Crippen LogP contribution in [0.5, 0.6) is 0 Å². The average Bonchev–Trinajstić information content (AvgIpc) is 2.61. The van der Waals surface area contributed by atoms with Gasteiger partial charge in [-0.05, 0) is 38.5 Å². The van der Waals surface area contributed by atoms with E-state index in [-0.39, 0.29) is 28.6 Å². The maximum atomic E-state index is 12.9. The van der Waals surface area contributed by atoms with Gasteiger partial charge in [-0.15, -0.1) is 0 Å². The van der Waals surface area contributed by atoms with E-state index in [9.17, 15) is 9.59 Å². The van der Waals surface area contributed by atoms with Crippen LogP contribution in [0.4, 0.5) is 0 Å². The summed E-state index contributed by atoms with van der Waals surface area (Å²) in [6.07, 6.45) is 2.40. The van der Waals surface area contributed by atoms with Crippen molar-refractivity contribution in [2.24, 2.45) is 0 Å². The highest BCUT2D eigenvalue weighted by atomic mass is 16.1. The first-order valence-electron chi connectivity index (χ1n) is 8.39. The fraction of sp³-hybridized carbons (Fsp3) is 0.333. The SMILES string of the molecule is CCNC(=O)c1cc2c(=O)n3ccccc3nc2n(C(C)CC)c1=N. The monoisotopic (exact) mass is 339 g/mol. The van der Waals surface area contributed by atoms with Crippen molar-refractivity contribution in [1.82, 2.24) is 19.3 Å². The third-order valence-corrected chi connectivity index (χ3v) is 4.38. The third kappa shape index (κ3) is 2.71. The first-order chi connectivity index (χ1) is 12.0. The van der Waals surface area contributed by atoms with E-state index in [1.807, 2.05) is 26.8 Å². The second-order valence-electron chi connectivity index (χ2n) is 5.98. The molecule has 0 fully saturated rings. The predicted octanol–water partition coefficient (Wildman–Crippen LogP) is 1.85. The molecule has 0 aromatic carbocycles. The Morgan fingerprint density at radius 2 is 2.12 bits per heavy atom. The molecular formula is C18H21N5O2. The summed E-state index contributed by atoms with van der Waals surface area (Å²) in [6, 6.07) is 6.74. The minimum absolute atomic E-state index is 0.0672. The molecule has 0 aliphatic rings. The predicted molar refractivity (Wildman–Crippen MR) is 95.8 cm³/mol. The fourth-order valence-corrected chi connectivity index (χ4v) is 2.89. The Hall–Kier alpha value is -2.96. The number of amides is 1. The molecule has 2 N–H and O–H groups in total. The van der Waals surface area contributed by atoms with Gasteiger partial charge >= 0.3 is 0 Å². The Bertz CT molecular complexity index is 1080. The summed E-state index contributed by atoms with van der Waals surface area (Å²) in [4.78, 5) is 29.9. The van der Waals surface area contributed by atoms with Crippen LogP contribution in [0, 0.1) is 5.41 Å². The molecule has 1 atom stereocenters. The molecular weight excluding hydrogens is 318 g/mol. The Morgan fingerprint density at radius 3 is 2.80 bits per heavy atom. The number of hydrogen-bond acceptors (Lipinski definition) is 4. The van der Waals surface area contributed by atoms with E-state index in [4.69, 9.17) is 5.41 Å². The highest BCUT2D eigenvalue weighted by molar-refractivity contribution is 5.96. The van der Waals surface area contributed by atoms with E-state index in [2.05, 4.69) is 10.3 Å². The van der Waals surface area contributed by atoms with Crippen LogP contribution in [0.3, 0.4) is 0 Å². The van der Waals surface area contributed by atoms with Gasteiger partial charge in [0.2, 0.25) is 0 Å². The van der Waals surface area contributed by atoms with Gasteiger partial charge in [-0.2, -0.15) is 0 Å². The molecule has 0 spiro atoms. The summed E-state index contributed by atoms with van der Waals surface area (Å²) >= 11 is 0. The molecule has 7 heteroatoms. The highest BCUT2D eigenvalue weighted by Gasteiger charge is 2.19. The molecule has 0 aliphatic carbocycles. The van der Waals surface area contributed by atoms with Gasteiger partial charge in [0.25, 0.3) is 11.5 Å². The van der Waals surface area contributed by atoms with E-state index >= 15 is 0 Å². The Morgan fingerprint density at radius 1 is 1.36 bits per heavy atom. The van der Waals surface area contributed by atoms with E-state index in [1.165, 1.54) is 10.5 Å². The standard InChI is InChI=1S/C18H21N5O2/c1-4-11(3)23-15(19)12(17(24)20-5-2)10-13-16(23)21-14-8-6-7-9-22(14)18(13)25/h6-11,19H,4-5H2,1-3H3,(H,20,24). The summed E-state index contributed by atoms with van der Waals surface area (Å²) < 4.78 is 3.13. The summed E-state index contributed by atoms with van der Waals surface area (Å²) in [5, 5.41) is 11.5. The number of nitrogens with zero attached hydrogens (tertiary/aromatic N) is 3. The van der Waals surface area contributed by atoms with Crippen LogP contribution in [-0.4, -0.2) is 26.4 Å². The number of pyridine rings is 2. The van der Waals surface area contributed by atoms with Crippen molar-refractivity contribution in [2.75, 3.05) is 6.54 Å². The first kappa shape index (κ1) is 16.9. The zero-order valence-electron chi connectivity index (χ0n) is 14.5. The lowest BCUT2D eigenvalue weighted by molar-refractivity contribution is 0.0953. The minimum Gasteiger partial charge on any atom is -0.352 e. The van der Waals surface area contributed by atoms with Crippen molar-refractivity contribution >= 4 is 22.6 Å². The van der Waals surface area contributed by atoms with Crippen LogP contribution in [0.2, 0.25) is 0 Å². The summed E-state index contributed by atoms with van der Waals surface area (Å²) in [5.74, 6) is -0.357. The number of aromatic nitrogens is 3. The molecule has 0 saturated carbocycles. The quantitative estimate of drug-likeness (QED) is 0.711. The fourth-order valence-electron chi connectivity index (χ4n) is 2.89. The number of rotatable bonds is 4. The maximum absolute atomic E-state index is 12.9. The van der Waals surface area contributed by atoms with Crippen LogP contribution >= 0.6 is 0 Å². The van der Waals surface area contributed by atoms with Gasteiger partial charge in [0, 0.05) is 18.8 Å². The van der Waals surface area contributed by atoms with E-state index in [1.54, 1.807) is 22.9 Å². The van der Waals surface area contributed by atoms with Gasteiger partial charge < -0.3 is 9.88 Å². The topological polar surface area (TPSA) is 92.2 Å². The van der Waals surface area contributed by atoms with Crippen molar-refractivity contribution in [3.8, 4) is 0 Å². The zero-order chi connectivity index (χ0) is 18.1. The van der Waals surface area contributed by atoms with Crippen molar-refractivity contribution in [2.45, 2.75) is 33.2 Å². The lowest BCUT2D eigenvalue weighted by Gasteiger charge is -2.19. The third-order valence-electron chi connectivity index (χ3n) is 4.38. The lowest BCUT2D eigenvalue weighted by Crippen LogP contribution is -2.35. The zero-order valence-corrected chi connectivity index (χ0v) is 14.5. The van der Waals surface area contributed by atoms with Crippen LogP contribution < -0.4 is 16.4 Å². The maximum Gasteiger partial charge on any atom is 0.267 e. The Kier molecular flexibility index (Phi) is 4.39. The second-order valence-corrected chi connectivity index (χ2v) is 5.98. The molecule has 130 valence electrons. The molecule has 0 radical (unpaired) electrons. The van der Waals surface area contributed by atoms with Gasteiger partial charge in [0.15, 0.2) is 0 Å². The van der Waals surface area contributed by atoms with Crippen molar-refractivity contribution in [1.29, 1.82) is 5.41 Å². The highest BCUT2D eigenvalue weighted by Crippen LogP contribution is 2.16. The molecule has 3 aromatic heterocycles. The molecule has 0 saturated heterocycles. The molecule has 3 aromatic rings. The molecule has 0 bridgehead atoms. The summed E-state index contributed by atoms with van der Waals surface area (Å²) in [6.45, 7) is 6.22. The normalized spacial score (nSPS) is 12.4. The van der Waals surface area contributed by atoms with Crippen LogP contribution in [0.1, 0.15) is 43.6 Å². The molecule has 1 unspecified atom stereocenters. The van der Waals surface area contributed by atoms with Crippen LogP contribution in [0.25, 0.3) is 16.7 Å². The minimum atomic E-state index is -0.357. The van der Waals surface area contributed by atoms with Gasteiger partial charge in [0.05, 0.1) is 10.9 Å². The molecule has 1 amide bonds. The molecule has 25 heavy (non-hydrogen) atoms. The van der Waals surface area contributed by atoms with Crippen molar-refractivity contribution in [3.05, 3.63) is 51.9 Å². The molecule has 3 rings (SSSR count). The van der Waals surface area contributed by atoms with Crippen LogP contribution in [0.15, 0.2) is 35.3 Å². The number of hydrogen-bond donors (Lipinski definition) is 2. The van der Waals surface area contributed by atoms with Gasteiger partial charge in [-0.3, -0.25) is 19.4 Å². The van der Waals surface area contributed by atoms with E-state index in [0.717, 1.165) is 6.42 Å². The average molecular weight is 339 g/mol. The number of carbonyl (C=O) groups excluding carboxylic acids is 1. The summed E-state index contributed by atoms with van der Waals surface area (Å²) in [5.41, 5.74) is 0.957. The first-order valence-corrected chi connectivity index (χ1v) is 8.39. The van der Waals surface area contributed by atoms with Crippen LogP contribution in [-0.2, 0) is 0 Å². The largest absolute Gasteiger partial charge is 0.352 e. The Balaban J connectivity index is 2.50. The van der Waals surface area contributed by atoms with Gasteiger partial charge in [-0.1, -0.05) is 13.0 Å². The second kappa shape index (κ2) is 6.51. The van der Waals surface area contributed by atoms with E-state index in [0.29, 0.717) is 23.2 Å². The molecule has 0 aliphatic heterocycles. The van der Waals surface area contributed by atoms with Crippen molar-refractivity contribution in [3.63, 3.8) is 0 Å². The molecule has 3 heterocycles. The summed E-state index contributed by atoms with van der Waals surface area (Å²) in [7, 11) is 0. The number of carbonyl (C=O) groups is 1. The Labute approximate surface area is 144 Å². The van der Waals surface area contributed by atoms with E-state index < -0.39 is 0 Å².